The second kappa shape index (κ2) is 5.68. The van der Waals surface area contributed by atoms with Crippen molar-refractivity contribution in [3.63, 3.8) is 0 Å². The van der Waals surface area contributed by atoms with Gasteiger partial charge in [0, 0.05) is 12.1 Å². The number of ether oxygens (including phenoxy) is 1. The molecule has 0 bridgehead atoms. The summed E-state index contributed by atoms with van der Waals surface area (Å²) in [6.45, 7) is 1.42. The molecule has 0 saturated carbocycles. The SMILES string of the molecule is N#Cc1cc(C=O)ccc1N1CCCOc2ccccc21. The van der Waals surface area contributed by atoms with E-state index in [2.05, 4.69) is 11.0 Å². The molecular formula is C17H14N2O2. The van der Waals surface area contributed by atoms with Gasteiger partial charge in [-0.1, -0.05) is 12.1 Å². The van der Waals surface area contributed by atoms with E-state index in [1.165, 1.54) is 0 Å². The van der Waals surface area contributed by atoms with Gasteiger partial charge < -0.3 is 9.64 Å². The van der Waals surface area contributed by atoms with Crippen LogP contribution in [-0.2, 0) is 0 Å². The molecule has 0 spiro atoms. The summed E-state index contributed by atoms with van der Waals surface area (Å²) in [6.07, 6.45) is 1.62. The third-order valence-corrected chi connectivity index (χ3v) is 3.51. The molecule has 21 heavy (non-hydrogen) atoms. The van der Waals surface area contributed by atoms with Crippen molar-refractivity contribution >= 4 is 17.7 Å². The Labute approximate surface area is 123 Å². The lowest BCUT2D eigenvalue weighted by Crippen LogP contribution is -2.18. The van der Waals surface area contributed by atoms with Crippen LogP contribution in [0.25, 0.3) is 0 Å². The highest BCUT2D eigenvalue weighted by Gasteiger charge is 2.19. The molecule has 1 aliphatic heterocycles. The van der Waals surface area contributed by atoms with Gasteiger partial charge in [0.25, 0.3) is 0 Å². The largest absolute Gasteiger partial charge is 0.491 e. The molecule has 104 valence electrons. The second-order valence-corrected chi connectivity index (χ2v) is 4.83. The minimum atomic E-state index is 0.497. The van der Waals surface area contributed by atoms with Gasteiger partial charge in [-0.25, -0.2) is 0 Å². The molecule has 1 heterocycles. The highest BCUT2D eigenvalue weighted by Crippen LogP contribution is 2.37. The predicted octanol–water partition coefficient (Wildman–Crippen LogP) is 3.29. The normalized spacial score (nSPS) is 13.6. The van der Waals surface area contributed by atoms with Crippen molar-refractivity contribution in [2.45, 2.75) is 6.42 Å². The van der Waals surface area contributed by atoms with Crippen LogP contribution >= 0.6 is 0 Å². The van der Waals surface area contributed by atoms with Crippen molar-refractivity contribution in [2.24, 2.45) is 0 Å². The standard InChI is InChI=1S/C17H14N2O2/c18-11-14-10-13(12-20)6-7-15(14)19-8-3-9-21-17-5-2-1-4-16(17)19/h1-2,4-7,10,12H,3,8-9H2. The van der Waals surface area contributed by atoms with E-state index in [0.29, 0.717) is 17.7 Å². The first-order valence-corrected chi connectivity index (χ1v) is 6.82. The quantitative estimate of drug-likeness (QED) is 0.791. The van der Waals surface area contributed by atoms with Crippen LogP contribution in [0.3, 0.4) is 0 Å². The average Bonchev–Trinajstić information content (AvgIpc) is 2.76. The molecule has 0 amide bonds. The van der Waals surface area contributed by atoms with Crippen LogP contribution in [0.15, 0.2) is 42.5 Å². The zero-order valence-electron chi connectivity index (χ0n) is 11.5. The van der Waals surface area contributed by atoms with E-state index in [0.717, 1.165) is 36.4 Å². The minimum absolute atomic E-state index is 0.497. The topological polar surface area (TPSA) is 53.3 Å². The number of hydrogen-bond donors (Lipinski definition) is 0. The lowest BCUT2D eigenvalue weighted by molar-refractivity contribution is 0.112. The van der Waals surface area contributed by atoms with Crippen LogP contribution < -0.4 is 9.64 Å². The molecule has 0 N–H and O–H groups in total. The summed E-state index contributed by atoms with van der Waals surface area (Å²) < 4.78 is 5.74. The van der Waals surface area contributed by atoms with Crippen LogP contribution in [0.1, 0.15) is 22.3 Å². The fraction of sp³-hybridized carbons (Fsp3) is 0.176. The van der Waals surface area contributed by atoms with Gasteiger partial charge in [0.15, 0.2) is 0 Å². The third kappa shape index (κ3) is 2.46. The molecule has 0 aromatic heterocycles. The molecule has 0 unspecified atom stereocenters. The maximum atomic E-state index is 10.9. The number of benzene rings is 2. The molecule has 1 aliphatic rings. The minimum Gasteiger partial charge on any atom is -0.491 e. The fourth-order valence-corrected chi connectivity index (χ4v) is 2.53. The van der Waals surface area contributed by atoms with Gasteiger partial charge in [-0.3, -0.25) is 4.79 Å². The van der Waals surface area contributed by atoms with Gasteiger partial charge in [0.1, 0.15) is 18.1 Å². The van der Waals surface area contributed by atoms with Gasteiger partial charge in [0.2, 0.25) is 0 Å². The lowest BCUT2D eigenvalue weighted by atomic mass is 10.1. The zero-order valence-corrected chi connectivity index (χ0v) is 11.5. The zero-order chi connectivity index (χ0) is 14.7. The smallest absolute Gasteiger partial charge is 0.150 e. The summed E-state index contributed by atoms with van der Waals surface area (Å²) in [7, 11) is 0. The Morgan fingerprint density at radius 2 is 2.05 bits per heavy atom. The second-order valence-electron chi connectivity index (χ2n) is 4.83. The molecule has 2 aromatic carbocycles. The summed E-state index contributed by atoms with van der Waals surface area (Å²) in [5.74, 6) is 0.818. The maximum absolute atomic E-state index is 10.9. The van der Waals surface area contributed by atoms with Crippen LogP contribution in [0, 0.1) is 11.3 Å². The Kier molecular flexibility index (Phi) is 3.57. The summed E-state index contributed by atoms with van der Waals surface area (Å²) in [4.78, 5) is 13.0. The summed E-state index contributed by atoms with van der Waals surface area (Å²) in [5, 5.41) is 9.36. The van der Waals surface area contributed by atoms with Crippen molar-refractivity contribution in [3.05, 3.63) is 53.6 Å². The number of nitriles is 1. The van der Waals surface area contributed by atoms with E-state index >= 15 is 0 Å². The molecule has 2 aromatic rings. The summed E-state index contributed by atoms with van der Waals surface area (Å²) >= 11 is 0. The van der Waals surface area contributed by atoms with E-state index in [4.69, 9.17) is 4.74 Å². The van der Waals surface area contributed by atoms with Crippen molar-refractivity contribution in [1.82, 2.24) is 0 Å². The van der Waals surface area contributed by atoms with Crippen LogP contribution in [0.5, 0.6) is 5.75 Å². The van der Waals surface area contributed by atoms with Crippen LogP contribution in [0.2, 0.25) is 0 Å². The average molecular weight is 278 g/mol. The maximum Gasteiger partial charge on any atom is 0.150 e. The van der Waals surface area contributed by atoms with Gasteiger partial charge in [0.05, 0.1) is 23.5 Å². The van der Waals surface area contributed by atoms with E-state index in [1.54, 1.807) is 12.1 Å². The van der Waals surface area contributed by atoms with Crippen molar-refractivity contribution < 1.29 is 9.53 Å². The lowest BCUT2D eigenvalue weighted by Gasteiger charge is -2.25. The number of carbonyl (C=O) groups is 1. The monoisotopic (exact) mass is 278 g/mol. The molecule has 0 aliphatic carbocycles. The molecule has 0 atom stereocenters. The number of nitrogens with zero attached hydrogens (tertiary/aromatic N) is 2. The molecule has 0 radical (unpaired) electrons. The summed E-state index contributed by atoms with van der Waals surface area (Å²) in [6, 6.07) is 15.2. The Hall–Kier alpha value is -2.80. The van der Waals surface area contributed by atoms with Crippen molar-refractivity contribution in [1.29, 1.82) is 5.26 Å². The van der Waals surface area contributed by atoms with E-state index in [9.17, 15) is 10.1 Å². The molecule has 0 fully saturated rings. The number of para-hydroxylation sites is 2. The van der Waals surface area contributed by atoms with E-state index in [-0.39, 0.29) is 0 Å². The van der Waals surface area contributed by atoms with Crippen molar-refractivity contribution in [2.75, 3.05) is 18.1 Å². The molecule has 4 nitrogen and oxygen atoms in total. The first-order valence-electron chi connectivity index (χ1n) is 6.82. The molecule has 0 saturated heterocycles. The van der Waals surface area contributed by atoms with Gasteiger partial charge in [-0.2, -0.15) is 5.26 Å². The number of carbonyl (C=O) groups excluding carboxylic acids is 1. The number of anilines is 2. The Bertz CT molecular complexity index is 719. The van der Waals surface area contributed by atoms with E-state index in [1.807, 2.05) is 30.3 Å². The van der Waals surface area contributed by atoms with E-state index < -0.39 is 0 Å². The first kappa shape index (κ1) is 13.2. The Morgan fingerprint density at radius 3 is 2.86 bits per heavy atom. The summed E-state index contributed by atoms with van der Waals surface area (Å²) in [5.41, 5.74) is 2.76. The fourth-order valence-electron chi connectivity index (χ4n) is 2.53. The predicted molar refractivity (Wildman–Crippen MR) is 80.1 cm³/mol. The van der Waals surface area contributed by atoms with Gasteiger partial charge in [-0.05, 0) is 36.8 Å². The van der Waals surface area contributed by atoms with Crippen molar-refractivity contribution in [3.8, 4) is 11.8 Å². The third-order valence-electron chi connectivity index (χ3n) is 3.51. The number of fused-ring (bicyclic) bond motifs is 1. The highest BCUT2D eigenvalue weighted by atomic mass is 16.5. The number of aldehydes is 1. The number of rotatable bonds is 2. The first-order chi connectivity index (χ1) is 10.3. The van der Waals surface area contributed by atoms with Gasteiger partial charge in [-0.15, -0.1) is 0 Å². The Balaban J connectivity index is 2.12. The van der Waals surface area contributed by atoms with Crippen LogP contribution in [-0.4, -0.2) is 19.4 Å². The molecule has 3 rings (SSSR count). The van der Waals surface area contributed by atoms with Crippen LogP contribution in [0.4, 0.5) is 11.4 Å². The Morgan fingerprint density at radius 1 is 1.19 bits per heavy atom. The molecular weight excluding hydrogens is 264 g/mol. The molecule has 4 heteroatoms. The number of hydrogen-bond acceptors (Lipinski definition) is 4. The van der Waals surface area contributed by atoms with Gasteiger partial charge >= 0.3 is 0 Å². The highest BCUT2D eigenvalue weighted by molar-refractivity contribution is 5.80.